The molecule has 0 aliphatic rings. The van der Waals surface area contributed by atoms with Gasteiger partial charge in [-0.05, 0) is 51.3 Å². The quantitative estimate of drug-likeness (QED) is 0.878. The molecule has 1 heterocycles. The predicted octanol–water partition coefficient (Wildman–Crippen LogP) is 3.42. The molecule has 1 N–H and O–H groups in total. The van der Waals surface area contributed by atoms with Crippen molar-refractivity contribution in [2.75, 3.05) is 6.61 Å². The minimum atomic E-state index is -0.713. The molecule has 5 nitrogen and oxygen atoms in total. The van der Waals surface area contributed by atoms with E-state index in [1.807, 2.05) is 32.9 Å². The number of ether oxygens (including phenoxy) is 1. The second-order valence-electron chi connectivity index (χ2n) is 5.54. The molecule has 5 heteroatoms. The van der Waals surface area contributed by atoms with Crippen molar-refractivity contribution in [2.24, 2.45) is 0 Å². The van der Waals surface area contributed by atoms with Crippen LogP contribution in [0.1, 0.15) is 39.7 Å². The summed E-state index contributed by atoms with van der Waals surface area (Å²) in [5.74, 6) is -1.07. The van der Waals surface area contributed by atoms with Gasteiger partial charge in [0.2, 0.25) is 0 Å². The summed E-state index contributed by atoms with van der Waals surface area (Å²) in [7, 11) is 0. The van der Waals surface area contributed by atoms with Gasteiger partial charge in [0.1, 0.15) is 22.6 Å². The van der Waals surface area contributed by atoms with Gasteiger partial charge in [0, 0.05) is 0 Å². The topological polar surface area (TPSA) is 76.7 Å². The van der Waals surface area contributed by atoms with Crippen molar-refractivity contribution >= 4 is 5.97 Å². The van der Waals surface area contributed by atoms with Gasteiger partial charge in [-0.1, -0.05) is 17.7 Å². The summed E-state index contributed by atoms with van der Waals surface area (Å²) in [6.07, 6.45) is 0. The fourth-order valence-corrected chi connectivity index (χ4v) is 2.87. The second-order valence-corrected chi connectivity index (χ2v) is 5.54. The minimum Gasteiger partial charge on any atom is -0.506 e. The summed E-state index contributed by atoms with van der Waals surface area (Å²) in [5.41, 5.74) is 2.47. The Kier molecular flexibility index (Phi) is 4.59. The molecule has 0 fully saturated rings. The molecule has 0 atom stereocenters. The van der Waals surface area contributed by atoms with Crippen molar-refractivity contribution in [1.29, 1.82) is 0 Å². The van der Waals surface area contributed by atoms with E-state index in [0.717, 1.165) is 16.7 Å². The van der Waals surface area contributed by atoms with Crippen LogP contribution in [0.4, 0.5) is 0 Å². The molecule has 2 aromatic rings. The molecule has 2 rings (SSSR count). The van der Waals surface area contributed by atoms with Crippen LogP contribution >= 0.6 is 0 Å². The van der Waals surface area contributed by atoms with Gasteiger partial charge in [-0.15, -0.1) is 0 Å². The summed E-state index contributed by atoms with van der Waals surface area (Å²) < 4.78 is 10.1. The fourth-order valence-electron chi connectivity index (χ4n) is 2.87. The van der Waals surface area contributed by atoms with E-state index < -0.39 is 17.3 Å². The van der Waals surface area contributed by atoms with Gasteiger partial charge in [-0.25, -0.2) is 9.59 Å². The summed E-state index contributed by atoms with van der Waals surface area (Å²) >= 11 is 0. The van der Waals surface area contributed by atoms with Crippen molar-refractivity contribution < 1.29 is 19.1 Å². The Morgan fingerprint density at radius 1 is 1.13 bits per heavy atom. The molecule has 0 aliphatic heterocycles. The summed E-state index contributed by atoms with van der Waals surface area (Å²) in [5, 5.41) is 10.6. The zero-order valence-corrected chi connectivity index (χ0v) is 13.9. The highest BCUT2D eigenvalue weighted by Gasteiger charge is 2.26. The zero-order valence-electron chi connectivity index (χ0n) is 13.9. The Morgan fingerprint density at radius 3 is 2.22 bits per heavy atom. The average Bonchev–Trinajstić information content (AvgIpc) is 2.41. The molecule has 0 spiro atoms. The third-order valence-electron chi connectivity index (χ3n) is 3.68. The van der Waals surface area contributed by atoms with Crippen molar-refractivity contribution in [3.63, 3.8) is 0 Å². The third kappa shape index (κ3) is 2.99. The number of carbonyl (C=O) groups is 1. The molecular formula is C18H20O5. The molecule has 0 unspecified atom stereocenters. The van der Waals surface area contributed by atoms with E-state index >= 15 is 0 Å². The molecule has 0 aliphatic carbocycles. The first-order valence-corrected chi connectivity index (χ1v) is 7.39. The van der Waals surface area contributed by atoms with E-state index in [4.69, 9.17) is 9.15 Å². The second kappa shape index (κ2) is 6.28. The highest BCUT2D eigenvalue weighted by molar-refractivity contribution is 5.96. The molecule has 1 aromatic heterocycles. The average molecular weight is 316 g/mol. The minimum absolute atomic E-state index is 0.00588. The van der Waals surface area contributed by atoms with E-state index in [1.54, 1.807) is 6.92 Å². The standard InChI is InChI=1S/C18H20O5/c1-6-22-17(20)14-12(5)23-18(21)15(16(14)19)13-10(3)7-9(2)8-11(13)4/h7-8,19H,6H2,1-5H3. The smallest absolute Gasteiger partial charge is 0.347 e. The summed E-state index contributed by atoms with van der Waals surface area (Å²) in [6.45, 7) is 8.92. The van der Waals surface area contributed by atoms with Crippen LogP contribution in [0.3, 0.4) is 0 Å². The van der Waals surface area contributed by atoms with Gasteiger partial charge < -0.3 is 14.3 Å². The Hall–Kier alpha value is -2.56. The lowest BCUT2D eigenvalue weighted by atomic mass is 9.93. The maximum atomic E-state index is 12.3. The molecule has 0 radical (unpaired) electrons. The van der Waals surface area contributed by atoms with Gasteiger partial charge in [-0.2, -0.15) is 0 Å². The monoisotopic (exact) mass is 316 g/mol. The molecule has 1 aromatic carbocycles. The predicted molar refractivity (Wildman–Crippen MR) is 87.0 cm³/mol. The Labute approximate surface area is 134 Å². The van der Waals surface area contributed by atoms with Crippen LogP contribution in [0, 0.1) is 27.7 Å². The van der Waals surface area contributed by atoms with Gasteiger partial charge in [0.05, 0.1) is 6.61 Å². The highest BCUT2D eigenvalue weighted by atomic mass is 16.5. The number of benzene rings is 1. The van der Waals surface area contributed by atoms with Crippen molar-refractivity contribution in [3.05, 3.63) is 50.6 Å². The van der Waals surface area contributed by atoms with E-state index in [1.165, 1.54) is 6.92 Å². The van der Waals surface area contributed by atoms with Crippen molar-refractivity contribution in [1.82, 2.24) is 0 Å². The largest absolute Gasteiger partial charge is 0.506 e. The number of carbonyl (C=O) groups excluding carboxylic acids is 1. The number of hydrogen-bond acceptors (Lipinski definition) is 5. The maximum Gasteiger partial charge on any atom is 0.347 e. The lowest BCUT2D eigenvalue weighted by Gasteiger charge is -2.14. The van der Waals surface area contributed by atoms with Crippen LogP contribution in [0.15, 0.2) is 21.3 Å². The number of hydrogen-bond donors (Lipinski definition) is 1. The first-order chi connectivity index (χ1) is 10.8. The van der Waals surface area contributed by atoms with E-state index in [9.17, 15) is 14.7 Å². The van der Waals surface area contributed by atoms with Crippen molar-refractivity contribution in [2.45, 2.75) is 34.6 Å². The third-order valence-corrected chi connectivity index (χ3v) is 3.68. The number of rotatable bonds is 3. The Morgan fingerprint density at radius 2 is 1.70 bits per heavy atom. The van der Waals surface area contributed by atoms with Gasteiger partial charge in [-0.3, -0.25) is 0 Å². The normalized spacial score (nSPS) is 10.7. The Balaban J connectivity index is 2.82. The molecule has 0 saturated heterocycles. The van der Waals surface area contributed by atoms with Crippen LogP contribution in [0.25, 0.3) is 11.1 Å². The number of aromatic hydroxyl groups is 1. The summed E-state index contributed by atoms with van der Waals surface area (Å²) in [4.78, 5) is 24.4. The number of esters is 1. The SMILES string of the molecule is CCOC(=O)c1c(C)oc(=O)c(-c2c(C)cc(C)cc2C)c1O. The molecule has 0 bridgehead atoms. The van der Waals surface area contributed by atoms with Crippen LogP contribution in [0.5, 0.6) is 5.75 Å². The van der Waals surface area contributed by atoms with Gasteiger partial charge >= 0.3 is 11.6 Å². The van der Waals surface area contributed by atoms with Crippen LogP contribution in [-0.2, 0) is 4.74 Å². The van der Waals surface area contributed by atoms with Crippen molar-refractivity contribution in [3.8, 4) is 16.9 Å². The molecule has 122 valence electrons. The van der Waals surface area contributed by atoms with E-state index in [2.05, 4.69) is 0 Å². The van der Waals surface area contributed by atoms with Crippen LogP contribution in [-0.4, -0.2) is 17.7 Å². The lowest BCUT2D eigenvalue weighted by Crippen LogP contribution is -2.14. The first-order valence-electron chi connectivity index (χ1n) is 7.39. The van der Waals surface area contributed by atoms with E-state index in [-0.39, 0.29) is 23.5 Å². The lowest BCUT2D eigenvalue weighted by molar-refractivity contribution is 0.0518. The van der Waals surface area contributed by atoms with Gasteiger partial charge in [0.15, 0.2) is 0 Å². The van der Waals surface area contributed by atoms with Crippen LogP contribution < -0.4 is 5.63 Å². The molecule has 0 amide bonds. The summed E-state index contributed by atoms with van der Waals surface area (Å²) in [6, 6.07) is 3.82. The van der Waals surface area contributed by atoms with Gasteiger partial charge in [0.25, 0.3) is 0 Å². The molecular weight excluding hydrogens is 296 g/mol. The molecule has 23 heavy (non-hydrogen) atoms. The maximum absolute atomic E-state index is 12.3. The zero-order chi connectivity index (χ0) is 17.3. The highest BCUT2D eigenvalue weighted by Crippen LogP contribution is 2.35. The fraction of sp³-hybridized carbons (Fsp3) is 0.333. The molecule has 0 saturated carbocycles. The van der Waals surface area contributed by atoms with Crippen LogP contribution in [0.2, 0.25) is 0 Å². The Bertz CT molecular complexity index is 807. The number of aryl methyl sites for hydroxylation is 4. The van der Waals surface area contributed by atoms with E-state index in [0.29, 0.717) is 5.56 Å². The first kappa shape index (κ1) is 16.8.